The second-order valence-corrected chi connectivity index (χ2v) is 1.77. The molecular formula is C5H10N2O. The predicted molar refractivity (Wildman–Crippen MR) is 31.2 cm³/mol. The SMILES string of the molecule is N=C1CCNCCO1. The fourth-order valence-electron chi connectivity index (χ4n) is 0.645. The van der Waals surface area contributed by atoms with Crippen LogP contribution in [-0.4, -0.2) is 25.6 Å². The van der Waals surface area contributed by atoms with Crippen molar-refractivity contribution in [3.8, 4) is 0 Å². The topological polar surface area (TPSA) is 45.1 Å². The van der Waals surface area contributed by atoms with Crippen molar-refractivity contribution >= 4 is 5.90 Å². The summed E-state index contributed by atoms with van der Waals surface area (Å²) >= 11 is 0. The van der Waals surface area contributed by atoms with Crippen molar-refractivity contribution in [2.75, 3.05) is 19.7 Å². The van der Waals surface area contributed by atoms with Gasteiger partial charge in [-0.15, -0.1) is 0 Å². The molecule has 0 aromatic rings. The molecule has 1 saturated heterocycles. The third-order valence-electron chi connectivity index (χ3n) is 1.08. The van der Waals surface area contributed by atoms with Crippen LogP contribution >= 0.6 is 0 Å². The van der Waals surface area contributed by atoms with Crippen LogP contribution in [0.1, 0.15) is 6.42 Å². The van der Waals surface area contributed by atoms with E-state index in [1.807, 2.05) is 0 Å². The molecule has 0 bridgehead atoms. The molecule has 1 rings (SSSR count). The molecule has 3 nitrogen and oxygen atoms in total. The van der Waals surface area contributed by atoms with E-state index in [1.54, 1.807) is 0 Å². The second-order valence-electron chi connectivity index (χ2n) is 1.77. The molecule has 0 amide bonds. The highest BCUT2D eigenvalue weighted by molar-refractivity contribution is 5.72. The first-order valence-corrected chi connectivity index (χ1v) is 2.80. The Bertz CT molecular complexity index is 82.4. The minimum Gasteiger partial charge on any atom is -0.480 e. The Hall–Kier alpha value is -0.570. The highest BCUT2D eigenvalue weighted by Gasteiger charge is 2.00. The maximum atomic E-state index is 7.07. The largest absolute Gasteiger partial charge is 0.480 e. The maximum absolute atomic E-state index is 7.07. The van der Waals surface area contributed by atoms with Gasteiger partial charge in [0.25, 0.3) is 0 Å². The number of hydrogen-bond acceptors (Lipinski definition) is 3. The van der Waals surface area contributed by atoms with Gasteiger partial charge in [-0.1, -0.05) is 0 Å². The van der Waals surface area contributed by atoms with Gasteiger partial charge in [0.2, 0.25) is 0 Å². The molecule has 0 saturated carbocycles. The van der Waals surface area contributed by atoms with Crippen LogP contribution in [0.2, 0.25) is 0 Å². The van der Waals surface area contributed by atoms with Gasteiger partial charge in [0, 0.05) is 19.5 Å². The van der Waals surface area contributed by atoms with Crippen LogP contribution in [0, 0.1) is 5.41 Å². The number of nitrogens with one attached hydrogen (secondary N) is 2. The van der Waals surface area contributed by atoms with Gasteiger partial charge in [-0.05, 0) is 0 Å². The van der Waals surface area contributed by atoms with Crippen LogP contribution in [-0.2, 0) is 4.74 Å². The summed E-state index contributed by atoms with van der Waals surface area (Å²) in [7, 11) is 0. The summed E-state index contributed by atoms with van der Waals surface area (Å²) in [5.74, 6) is 0.412. The molecule has 0 radical (unpaired) electrons. The second kappa shape index (κ2) is 2.67. The third-order valence-corrected chi connectivity index (χ3v) is 1.08. The van der Waals surface area contributed by atoms with E-state index in [-0.39, 0.29) is 0 Å². The fraction of sp³-hybridized carbons (Fsp3) is 0.800. The summed E-state index contributed by atoms with van der Waals surface area (Å²) in [5, 5.41) is 10.2. The van der Waals surface area contributed by atoms with Crippen molar-refractivity contribution in [2.45, 2.75) is 6.42 Å². The van der Waals surface area contributed by atoms with Gasteiger partial charge in [-0.3, -0.25) is 5.41 Å². The summed E-state index contributed by atoms with van der Waals surface area (Å²) in [6.07, 6.45) is 0.736. The maximum Gasteiger partial charge on any atom is 0.181 e. The van der Waals surface area contributed by atoms with Gasteiger partial charge in [0.05, 0.1) is 0 Å². The first-order chi connectivity index (χ1) is 3.89. The Balaban J connectivity index is 2.27. The molecule has 46 valence electrons. The van der Waals surface area contributed by atoms with E-state index in [9.17, 15) is 0 Å². The highest BCUT2D eigenvalue weighted by Crippen LogP contribution is 1.88. The average molecular weight is 114 g/mol. The van der Waals surface area contributed by atoms with Gasteiger partial charge in [-0.25, -0.2) is 0 Å². The Morgan fingerprint density at radius 1 is 1.50 bits per heavy atom. The van der Waals surface area contributed by atoms with Gasteiger partial charge in [0.1, 0.15) is 6.61 Å². The summed E-state index contributed by atoms with van der Waals surface area (Å²) in [5.41, 5.74) is 0. The van der Waals surface area contributed by atoms with Gasteiger partial charge < -0.3 is 10.1 Å². The molecule has 1 heterocycles. The molecule has 2 N–H and O–H groups in total. The summed E-state index contributed by atoms with van der Waals surface area (Å²) in [4.78, 5) is 0. The Morgan fingerprint density at radius 3 is 3.25 bits per heavy atom. The molecule has 0 atom stereocenters. The van der Waals surface area contributed by atoms with Crippen LogP contribution in [0.25, 0.3) is 0 Å². The minimum absolute atomic E-state index is 0.412. The highest BCUT2D eigenvalue weighted by atomic mass is 16.5. The standard InChI is InChI=1S/C5H10N2O/c6-5-1-2-7-3-4-8-5/h6-7H,1-4H2. The van der Waals surface area contributed by atoms with E-state index in [2.05, 4.69) is 5.32 Å². The Morgan fingerprint density at radius 2 is 2.38 bits per heavy atom. The van der Waals surface area contributed by atoms with Crippen molar-refractivity contribution in [1.82, 2.24) is 5.32 Å². The first-order valence-electron chi connectivity index (χ1n) is 2.80. The smallest absolute Gasteiger partial charge is 0.181 e. The van der Waals surface area contributed by atoms with E-state index in [1.165, 1.54) is 0 Å². The van der Waals surface area contributed by atoms with Crippen molar-refractivity contribution < 1.29 is 4.74 Å². The number of hydrogen-bond donors (Lipinski definition) is 2. The Labute approximate surface area is 48.5 Å². The lowest BCUT2D eigenvalue weighted by atomic mass is 10.4. The average Bonchev–Trinajstić information content (AvgIpc) is 1.94. The lowest BCUT2D eigenvalue weighted by Crippen LogP contribution is -2.16. The minimum atomic E-state index is 0.412. The monoisotopic (exact) mass is 114 g/mol. The lowest BCUT2D eigenvalue weighted by Gasteiger charge is -1.97. The summed E-state index contributed by atoms with van der Waals surface area (Å²) in [6.45, 7) is 2.42. The lowest BCUT2D eigenvalue weighted by molar-refractivity contribution is 0.308. The third kappa shape index (κ3) is 1.50. The molecule has 3 heteroatoms. The summed E-state index contributed by atoms with van der Waals surface area (Å²) < 4.78 is 4.92. The van der Waals surface area contributed by atoms with Crippen LogP contribution in [0.5, 0.6) is 0 Å². The molecular weight excluding hydrogens is 104 g/mol. The van der Waals surface area contributed by atoms with Gasteiger partial charge >= 0.3 is 0 Å². The summed E-state index contributed by atoms with van der Waals surface area (Å²) in [6, 6.07) is 0. The molecule has 0 aromatic carbocycles. The first kappa shape index (κ1) is 5.56. The van der Waals surface area contributed by atoms with E-state index < -0.39 is 0 Å². The van der Waals surface area contributed by atoms with Crippen LogP contribution < -0.4 is 5.32 Å². The molecule has 0 spiro atoms. The molecule has 1 aliphatic rings. The zero-order valence-electron chi connectivity index (χ0n) is 4.74. The van der Waals surface area contributed by atoms with Gasteiger partial charge in [-0.2, -0.15) is 0 Å². The Kier molecular flexibility index (Phi) is 1.86. The number of ether oxygens (including phenoxy) is 1. The van der Waals surface area contributed by atoms with Gasteiger partial charge in [0.15, 0.2) is 5.90 Å². The molecule has 1 aliphatic heterocycles. The predicted octanol–water partition coefficient (Wildman–Crippen LogP) is -0.0264. The molecule has 0 aromatic heterocycles. The zero-order valence-corrected chi connectivity index (χ0v) is 4.74. The zero-order chi connectivity index (χ0) is 5.82. The molecule has 8 heavy (non-hydrogen) atoms. The van der Waals surface area contributed by atoms with E-state index in [0.717, 1.165) is 19.5 Å². The molecule has 0 unspecified atom stereocenters. The van der Waals surface area contributed by atoms with Crippen molar-refractivity contribution in [2.24, 2.45) is 0 Å². The quantitative estimate of drug-likeness (QED) is 0.464. The van der Waals surface area contributed by atoms with Crippen LogP contribution in [0.15, 0.2) is 0 Å². The van der Waals surface area contributed by atoms with Crippen molar-refractivity contribution in [3.63, 3.8) is 0 Å². The molecule has 0 aliphatic carbocycles. The van der Waals surface area contributed by atoms with Crippen LogP contribution in [0.4, 0.5) is 0 Å². The van der Waals surface area contributed by atoms with Crippen molar-refractivity contribution in [3.05, 3.63) is 0 Å². The van der Waals surface area contributed by atoms with E-state index >= 15 is 0 Å². The number of rotatable bonds is 0. The van der Waals surface area contributed by atoms with Crippen molar-refractivity contribution in [1.29, 1.82) is 5.41 Å². The van der Waals surface area contributed by atoms with E-state index in [0.29, 0.717) is 12.5 Å². The van der Waals surface area contributed by atoms with E-state index in [4.69, 9.17) is 10.1 Å². The fourth-order valence-corrected chi connectivity index (χ4v) is 0.645. The molecule has 1 fully saturated rings. The normalized spacial score (nSPS) is 21.8. The van der Waals surface area contributed by atoms with Crippen LogP contribution in [0.3, 0.4) is 0 Å².